The van der Waals surface area contributed by atoms with E-state index in [1.165, 1.54) is 37.4 Å². The van der Waals surface area contributed by atoms with E-state index in [0.717, 1.165) is 56.6 Å². The summed E-state index contributed by atoms with van der Waals surface area (Å²) in [4.78, 5) is 12.1. The van der Waals surface area contributed by atoms with E-state index in [2.05, 4.69) is 274 Å². The van der Waals surface area contributed by atoms with Gasteiger partial charge in [-0.2, -0.15) is 0 Å². The molecule has 12 rings (SSSR count). The Bertz CT molecular complexity index is 4210. The number of fused-ring (bicyclic) bond motifs is 3. The molecule has 1 aromatic heterocycles. The smallest absolute Gasteiger partial charge is 0.184 e. The van der Waals surface area contributed by atoms with Gasteiger partial charge in [0.05, 0.1) is 29.6 Å². The quantitative estimate of drug-likeness (QED) is 0.135. The Labute approximate surface area is 495 Å². The summed E-state index contributed by atoms with van der Waals surface area (Å²) in [7, 11) is -3.02. The summed E-state index contributed by atoms with van der Waals surface area (Å²) in [5.74, 6) is 2.19. The van der Waals surface area contributed by atoms with Crippen molar-refractivity contribution in [2.45, 2.75) is 105 Å². The number of nitrogens with zero attached hydrogens (tertiary/aromatic N) is 4. The molecule has 0 saturated heterocycles. The predicted octanol–water partition coefficient (Wildman–Crippen LogP) is 17.8. The molecule has 0 unspecified atom stereocenters. The summed E-state index contributed by atoms with van der Waals surface area (Å²) in [6, 6.07) is 68.0. The van der Waals surface area contributed by atoms with Crippen LogP contribution in [-0.2, 0) is 21.7 Å². The van der Waals surface area contributed by atoms with Crippen LogP contribution in [0.4, 0.5) is 39.9 Å². The number of hydrogen-bond donors (Lipinski definition) is 0. The Morgan fingerprint density at radius 3 is 1.57 bits per heavy atom. The van der Waals surface area contributed by atoms with Crippen LogP contribution < -0.4 is 40.2 Å². The van der Waals surface area contributed by atoms with Gasteiger partial charge in [-0.3, -0.25) is 4.90 Å². The van der Waals surface area contributed by atoms with Crippen LogP contribution in [0.15, 0.2) is 231 Å². The van der Waals surface area contributed by atoms with Crippen LogP contribution in [0, 0.1) is 0 Å². The zero-order valence-corrected chi connectivity index (χ0v) is 50.5. The second-order valence-electron chi connectivity index (χ2n) is 26.2. The van der Waals surface area contributed by atoms with Gasteiger partial charge < -0.3 is 14.5 Å². The van der Waals surface area contributed by atoms with Crippen LogP contribution in [0.5, 0.6) is 11.5 Å². The lowest BCUT2D eigenvalue weighted by molar-refractivity contribution is 0.479. The molecule has 410 valence electrons. The van der Waals surface area contributed by atoms with Crippen molar-refractivity contribution in [1.29, 1.82) is 0 Å². The van der Waals surface area contributed by atoms with Gasteiger partial charge in [0.2, 0.25) is 0 Å². The van der Waals surface area contributed by atoms with Gasteiger partial charge in [0.1, 0.15) is 24.0 Å². The maximum atomic E-state index is 9.41. The number of pyridine rings is 1. The molecule has 0 atom stereocenters. The van der Waals surface area contributed by atoms with Crippen molar-refractivity contribution in [2.24, 2.45) is 0 Å². The number of benzene rings is 9. The molecule has 3 heterocycles. The maximum absolute atomic E-state index is 9.41. The zero-order valence-electron chi connectivity index (χ0n) is 54.5. The van der Waals surface area contributed by atoms with E-state index in [1.54, 1.807) is 0 Å². The summed E-state index contributed by atoms with van der Waals surface area (Å²) < 4.78 is 52.6. The highest BCUT2D eigenvalue weighted by atomic mass is 28.3. The number of hydrogen-bond acceptors (Lipinski definition) is 5. The molecule has 0 fully saturated rings. The van der Waals surface area contributed by atoms with Crippen molar-refractivity contribution in [3.05, 3.63) is 253 Å². The Morgan fingerprint density at radius 1 is 0.427 bits per heavy atom. The van der Waals surface area contributed by atoms with Crippen molar-refractivity contribution in [3.8, 4) is 33.8 Å². The lowest BCUT2D eigenvalue weighted by Crippen LogP contribution is -2.77. The number of aromatic nitrogens is 1. The van der Waals surface area contributed by atoms with E-state index in [1.807, 2.05) is 24.4 Å². The van der Waals surface area contributed by atoms with Crippen molar-refractivity contribution >= 4 is 68.8 Å². The molecule has 2 aliphatic rings. The molecule has 0 spiro atoms. The molecular formula is C76H76N4OSi. The average Bonchev–Trinajstić information content (AvgIpc) is 1.05. The molecule has 0 amide bonds. The highest BCUT2D eigenvalue weighted by Gasteiger charge is 2.49. The summed E-state index contributed by atoms with van der Waals surface area (Å²) in [6.45, 7) is 27.1. The molecule has 0 aliphatic carbocycles. The number of anilines is 7. The summed E-state index contributed by atoms with van der Waals surface area (Å²) >= 11 is 0. The minimum atomic E-state index is -3.02. The van der Waals surface area contributed by atoms with Crippen LogP contribution in [0.1, 0.15) is 112 Å². The van der Waals surface area contributed by atoms with Crippen molar-refractivity contribution < 1.29 is 11.6 Å². The first kappa shape index (κ1) is 48.3. The molecular weight excluding hydrogens is 1010 g/mol. The van der Waals surface area contributed by atoms with Gasteiger partial charge in [0.25, 0.3) is 0 Å². The maximum Gasteiger partial charge on any atom is 0.184 e. The Morgan fingerprint density at radius 2 is 0.963 bits per heavy atom. The second kappa shape index (κ2) is 20.5. The predicted molar refractivity (Wildman–Crippen MR) is 350 cm³/mol. The molecule has 0 N–H and O–H groups in total. The van der Waals surface area contributed by atoms with Crippen LogP contribution in [0.25, 0.3) is 22.3 Å². The average molecular weight is 1090 g/mol. The van der Waals surface area contributed by atoms with Crippen LogP contribution in [0.2, 0.25) is 0 Å². The summed E-state index contributed by atoms with van der Waals surface area (Å²) in [5, 5.41) is 5.08. The SMILES string of the molecule is [2H]c1c([2H])c([2H])c(-c2cccc(-c3cc(C(C)(C)C)cc(C(C)(C)C)c3)c2N2CN(c3cc(Oc4ccc5c(c4)N(c4cc(C(C)(C)C)ccn4)c4ccccc4[Si]5(c4ccccc4)c4ccccc4)cc(C(C)(C)C)c3)c3ccccc32)c([2H])c1[2H]. The van der Waals surface area contributed by atoms with Gasteiger partial charge in [-0.05, 0) is 124 Å². The molecule has 5 nitrogen and oxygen atoms in total. The van der Waals surface area contributed by atoms with Crippen molar-refractivity contribution in [1.82, 2.24) is 4.98 Å². The molecule has 10 aromatic rings. The highest BCUT2D eigenvalue weighted by Crippen LogP contribution is 2.52. The zero-order chi connectivity index (χ0) is 61.7. The third-order valence-electron chi connectivity index (χ3n) is 16.5. The Hall–Kier alpha value is -8.45. The fourth-order valence-electron chi connectivity index (χ4n) is 12.1. The summed E-state index contributed by atoms with van der Waals surface area (Å²) in [6.07, 6.45) is 1.94. The fraction of sp³-hybridized carbons (Fsp3) is 0.224. The van der Waals surface area contributed by atoms with E-state index >= 15 is 0 Å². The van der Waals surface area contributed by atoms with Crippen LogP contribution in [-0.4, -0.2) is 19.7 Å². The van der Waals surface area contributed by atoms with E-state index in [-0.39, 0.29) is 51.4 Å². The van der Waals surface area contributed by atoms with Gasteiger partial charge >= 0.3 is 0 Å². The van der Waals surface area contributed by atoms with Crippen LogP contribution in [0.3, 0.4) is 0 Å². The molecule has 0 bridgehead atoms. The first-order valence-corrected chi connectivity index (χ1v) is 30.7. The lowest BCUT2D eigenvalue weighted by atomic mass is 9.78. The number of rotatable bonds is 9. The Kier molecular flexibility index (Phi) is 12.1. The van der Waals surface area contributed by atoms with E-state index in [9.17, 15) is 2.74 Å². The monoisotopic (exact) mass is 1090 g/mol. The third-order valence-corrected chi connectivity index (χ3v) is 21.4. The number of ether oxygens (including phenoxy) is 1. The standard InChI is InChI=1S/C76H76N4OSi/c1-73(2,3)54-41-42-77-71(48-54)80-67-37-24-25-38-69(67)82(61-29-18-14-19-30-61,62-31-20-15-21-32-62)70-40-39-59(50-68(70)80)81-60-47-57(76(10,11)12)46-58(49-60)78-51-79(66-36-23-22-35-65(66)78)72-63(52-27-16-13-17-28-52)33-26-34-64(72)53-43-55(74(4,5)6)45-56(44-53)75(7,8)9/h13-50H,51H2,1-12H3/i13D,16D,17D,27D,28D. The number of para-hydroxylation sites is 4. The van der Waals surface area contributed by atoms with Gasteiger partial charge in [0.15, 0.2) is 8.07 Å². The molecule has 0 saturated carbocycles. The molecule has 6 heteroatoms. The van der Waals surface area contributed by atoms with E-state index in [4.69, 9.17) is 13.8 Å². The normalized spacial score (nSPS) is 14.9. The molecule has 0 radical (unpaired) electrons. The van der Waals surface area contributed by atoms with E-state index < -0.39 is 14.1 Å². The van der Waals surface area contributed by atoms with Gasteiger partial charge in [-0.25, -0.2) is 4.98 Å². The highest BCUT2D eigenvalue weighted by molar-refractivity contribution is 7.21. The molecule has 9 aromatic carbocycles. The largest absolute Gasteiger partial charge is 0.457 e. The third kappa shape index (κ3) is 9.81. The van der Waals surface area contributed by atoms with Crippen molar-refractivity contribution in [3.63, 3.8) is 0 Å². The minimum absolute atomic E-state index is 0.125. The first-order chi connectivity index (χ1) is 41.2. The Balaban J connectivity index is 1.04. The summed E-state index contributed by atoms with van der Waals surface area (Å²) in [5.41, 5.74) is 12.0. The van der Waals surface area contributed by atoms with Gasteiger partial charge in [-0.15, -0.1) is 0 Å². The van der Waals surface area contributed by atoms with E-state index in [0.29, 0.717) is 23.7 Å². The molecule has 2 aliphatic heterocycles. The minimum Gasteiger partial charge on any atom is -0.457 e. The molecule has 82 heavy (non-hydrogen) atoms. The van der Waals surface area contributed by atoms with Gasteiger partial charge in [0, 0.05) is 40.8 Å². The fourth-order valence-corrected chi connectivity index (χ4v) is 17.1. The first-order valence-electron chi connectivity index (χ1n) is 31.2. The topological polar surface area (TPSA) is 31.8 Å². The van der Waals surface area contributed by atoms with Gasteiger partial charge in [-0.1, -0.05) is 247 Å². The lowest BCUT2D eigenvalue weighted by Gasteiger charge is -2.44. The second-order valence-corrected chi connectivity index (χ2v) is 30.0. The van der Waals surface area contributed by atoms with Crippen LogP contribution >= 0.6 is 0 Å². The van der Waals surface area contributed by atoms with Crippen molar-refractivity contribution in [2.75, 3.05) is 21.4 Å².